The second-order valence-electron chi connectivity index (χ2n) is 9.56. The Hall–Kier alpha value is -5.31. The van der Waals surface area contributed by atoms with E-state index >= 15 is 0 Å². The van der Waals surface area contributed by atoms with Crippen LogP contribution in [0.25, 0.3) is 16.3 Å². The highest BCUT2D eigenvalue weighted by molar-refractivity contribution is 8.01. The molecule has 5 rings (SSSR count). The SMILES string of the molecule is Cc1ccc(NC(=O)/C(C#N)=C/c2ccc(Sc3nc4ccc(NC(=O)c5ccc(C)cc5)cc4s3)c([N+](=O)[O-])c2)cc1. The topological polar surface area (TPSA) is 138 Å². The van der Waals surface area contributed by atoms with Crippen molar-refractivity contribution < 1.29 is 14.5 Å². The molecule has 0 fully saturated rings. The molecule has 2 amide bonds. The number of amides is 2. The molecule has 0 aliphatic carbocycles. The number of rotatable bonds is 8. The monoisotopic (exact) mass is 605 g/mol. The van der Waals surface area contributed by atoms with Crippen LogP contribution in [0.4, 0.5) is 17.1 Å². The maximum atomic E-state index is 12.6. The summed E-state index contributed by atoms with van der Waals surface area (Å²) in [6, 6.07) is 26.1. The van der Waals surface area contributed by atoms with E-state index in [0.29, 0.717) is 37.3 Å². The fourth-order valence-corrected chi connectivity index (χ4v) is 6.18. The van der Waals surface area contributed by atoms with E-state index in [4.69, 9.17) is 0 Å². The van der Waals surface area contributed by atoms with Crippen LogP contribution < -0.4 is 10.6 Å². The third-order valence-electron chi connectivity index (χ3n) is 6.30. The molecule has 212 valence electrons. The number of nitrogens with zero attached hydrogens (tertiary/aromatic N) is 3. The van der Waals surface area contributed by atoms with E-state index in [1.807, 2.05) is 50.2 Å². The average molecular weight is 606 g/mol. The Bertz CT molecular complexity index is 1940. The molecule has 4 aromatic carbocycles. The van der Waals surface area contributed by atoms with Crippen LogP contribution in [0, 0.1) is 35.3 Å². The van der Waals surface area contributed by atoms with Crippen molar-refractivity contribution >= 4 is 68.3 Å². The number of fused-ring (bicyclic) bond motifs is 1. The van der Waals surface area contributed by atoms with Crippen LogP contribution in [0.5, 0.6) is 0 Å². The first-order valence-electron chi connectivity index (χ1n) is 12.9. The van der Waals surface area contributed by atoms with Gasteiger partial charge in [0.15, 0.2) is 4.34 Å². The number of anilines is 2. The van der Waals surface area contributed by atoms with Gasteiger partial charge in [-0.3, -0.25) is 19.7 Å². The van der Waals surface area contributed by atoms with Crippen LogP contribution in [-0.2, 0) is 4.79 Å². The largest absolute Gasteiger partial charge is 0.322 e. The van der Waals surface area contributed by atoms with Crippen molar-refractivity contribution in [3.05, 3.63) is 123 Å². The summed E-state index contributed by atoms with van der Waals surface area (Å²) in [5, 5.41) is 27.1. The van der Waals surface area contributed by atoms with Crippen LogP contribution in [0.3, 0.4) is 0 Å². The molecule has 0 aliphatic heterocycles. The molecular weight excluding hydrogens is 583 g/mol. The summed E-state index contributed by atoms with van der Waals surface area (Å²) in [5.41, 5.74) is 4.44. The van der Waals surface area contributed by atoms with Gasteiger partial charge < -0.3 is 10.6 Å². The van der Waals surface area contributed by atoms with E-state index in [1.54, 1.807) is 48.5 Å². The fraction of sp³-hybridized carbons (Fsp3) is 0.0625. The van der Waals surface area contributed by atoms with E-state index < -0.39 is 10.8 Å². The Kier molecular flexibility index (Phi) is 8.61. The van der Waals surface area contributed by atoms with Crippen molar-refractivity contribution in [2.75, 3.05) is 10.6 Å². The molecule has 0 bridgehead atoms. The van der Waals surface area contributed by atoms with Crippen LogP contribution in [0.15, 0.2) is 99.7 Å². The third-order valence-corrected chi connectivity index (χ3v) is 8.45. The van der Waals surface area contributed by atoms with Gasteiger partial charge in [0.1, 0.15) is 11.6 Å². The van der Waals surface area contributed by atoms with Gasteiger partial charge in [-0.15, -0.1) is 11.3 Å². The first-order chi connectivity index (χ1) is 20.7. The standard InChI is InChI=1S/C32H23N5O4S2/c1-19-3-8-22(9-4-19)30(38)35-25-12-13-26-29(17-25)43-32(36-26)42-28-14-7-21(16-27(28)37(40)41)15-23(18-33)31(39)34-24-10-5-20(2)6-11-24/h3-17H,1-2H3,(H,34,39)(H,35,38)/b23-15+. The number of aromatic nitrogens is 1. The van der Waals surface area contributed by atoms with E-state index in [2.05, 4.69) is 15.6 Å². The molecule has 0 spiro atoms. The summed E-state index contributed by atoms with van der Waals surface area (Å²) in [6.07, 6.45) is 1.31. The molecule has 43 heavy (non-hydrogen) atoms. The van der Waals surface area contributed by atoms with Gasteiger partial charge >= 0.3 is 0 Å². The normalized spacial score (nSPS) is 11.1. The summed E-state index contributed by atoms with van der Waals surface area (Å²) in [7, 11) is 0. The van der Waals surface area contributed by atoms with E-state index in [-0.39, 0.29) is 17.2 Å². The first kappa shape index (κ1) is 29.2. The van der Waals surface area contributed by atoms with Gasteiger partial charge in [-0.2, -0.15) is 5.26 Å². The molecular formula is C32H23N5O4S2. The van der Waals surface area contributed by atoms with Crippen molar-refractivity contribution in [3.8, 4) is 6.07 Å². The van der Waals surface area contributed by atoms with Crippen molar-refractivity contribution in [1.29, 1.82) is 5.26 Å². The van der Waals surface area contributed by atoms with Gasteiger partial charge in [-0.05, 0) is 74.0 Å². The van der Waals surface area contributed by atoms with Crippen molar-refractivity contribution in [2.24, 2.45) is 0 Å². The quantitative estimate of drug-likeness (QED) is 0.0797. The number of nitro benzene ring substituents is 1. The number of nitriles is 1. The van der Waals surface area contributed by atoms with Gasteiger partial charge in [0.2, 0.25) is 0 Å². The highest BCUT2D eigenvalue weighted by Crippen LogP contribution is 2.40. The predicted octanol–water partition coefficient (Wildman–Crippen LogP) is 7.77. The maximum Gasteiger partial charge on any atom is 0.283 e. The van der Waals surface area contributed by atoms with Gasteiger partial charge in [-0.1, -0.05) is 53.2 Å². The zero-order valence-corrected chi connectivity index (χ0v) is 24.6. The van der Waals surface area contributed by atoms with Crippen LogP contribution in [0.2, 0.25) is 0 Å². The molecule has 0 unspecified atom stereocenters. The van der Waals surface area contributed by atoms with Crippen molar-refractivity contribution in [3.63, 3.8) is 0 Å². The Morgan fingerprint density at radius 3 is 2.28 bits per heavy atom. The summed E-state index contributed by atoms with van der Waals surface area (Å²) in [6.45, 7) is 3.87. The summed E-state index contributed by atoms with van der Waals surface area (Å²) in [5.74, 6) is -0.841. The molecule has 2 N–H and O–H groups in total. The molecule has 0 saturated heterocycles. The molecule has 0 radical (unpaired) electrons. The van der Waals surface area contributed by atoms with Gasteiger partial charge in [0.05, 0.1) is 20.0 Å². The summed E-state index contributed by atoms with van der Waals surface area (Å²) < 4.78 is 1.39. The van der Waals surface area contributed by atoms with E-state index in [0.717, 1.165) is 27.6 Å². The first-order valence-corrected chi connectivity index (χ1v) is 14.6. The Morgan fingerprint density at radius 2 is 1.60 bits per heavy atom. The molecule has 1 aromatic heterocycles. The highest BCUT2D eigenvalue weighted by Gasteiger charge is 2.19. The summed E-state index contributed by atoms with van der Waals surface area (Å²) >= 11 is 2.49. The second-order valence-corrected chi connectivity index (χ2v) is 11.9. The Morgan fingerprint density at radius 1 is 0.930 bits per heavy atom. The lowest BCUT2D eigenvalue weighted by Crippen LogP contribution is -2.13. The fourth-order valence-electron chi connectivity index (χ4n) is 4.03. The molecule has 1 heterocycles. The molecule has 0 saturated carbocycles. The maximum absolute atomic E-state index is 12.6. The highest BCUT2D eigenvalue weighted by atomic mass is 32.2. The van der Waals surface area contributed by atoms with Crippen molar-refractivity contribution in [2.45, 2.75) is 23.1 Å². The number of aryl methyl sites for hydroxylation is 2. The third kappa shape index (κ3) is 7.13. The molecule has 9 nitrogen and oxygen atoms in total. The lowest BCUT2D eigenvalue weighted by molar-refractivity contribution is -0.387. The number of benzene rings is 4. The van der Waals surface area contributed by atoms with Gasteiger partial charge in [0, 0.05) is 23.0 Å². The number of thiazole rings is 1. The smallest absolute Gasteiger partial charge is 0.283 e. The number of hydrogen-bond acceptors (Lipinski definition) is 8. The number of nitro groups is 1. The number of hydrogen-bond donors (Lipinski definition) is 2. The minimum atomic E-state index is -0.614. The van der Waals surface area contributed by atoms with Crippen LogP contribution >= 0.6 is 23.1 Å². The minimum Gasteiger partial charge on any atom is -0.322 e. The van der Waals surface area contributed by atoms with Crippen LogP contribution in [-0.4, -0.2) is 21.7 Å². The average Bonchev–Trinajstić information content (AvgIpc) is 3.39. The Labute approximate surface area is 255 Å². The number of carbonyl (C=O) groups is 2. The second kappa shape index (κ2) is 12.7. The van der Waals surface area contributed by atoms with E-state index in [9.17, 15) is 25.0 Å². The van der Waals surface area contributed by atoms with Crippen molar-refractivity contribution in [1.82, 2.24) is 4.98 Å². The lowest BCUT2D eigenvalue weighted by atomic mass is 10.1. The molecule has 0 atom stereocenters. The minimum absolute atomic E-state index is 0.180. The number of nitrogens with one attached hydrogen (secondary N) is 2. The zero-order chi connectivity index (χ0) is 30.5. The van der Waals surface area contributed by atoms with E-state index in [1.165, 1.54) is 23.5 Å². The van der Waals surface area contributed by atoms with Crippen LogP contribution in [0.1, 0.15) is 27.0 Å². The lowest BCUT2D eigenvalue weighted by Gasteiger charge is -2.05. The van der Waals surface area contributed by atoms with Gasteiger partial charge in [-0.25, -0.2) is 4.98 Å². The number of carbonyl (C=O) groups excluding carboxylic acids is 2. The predicted molar refractivity (Wildman–Crippen MR) is 169 cm³/mol. The molecule has 5 aromatic rings. The zero-order valence-electron chi connectivity index (χ0n) is 23.0. The molecule has 11 heteroatoms. The Balaban J connectivity index is 1.33. The summed E-state index contributed by atoms with van der Waals surface area (Å²) in [4.78, 5) is 41.6. The van der Waals surface area contributed by atoms with Gasteiger partial charge in [0.25, 0.3) is 17.5 Å². The molecule has 0 aliphatic rings.